The molecule has 2 heterocycles. The van der Waals surface area contributed by atoms with Crippen molar-refractivity contribution in [2.45, 2.75) is 50.6 Å². The molecule has 0 bridgehead atoms. The van der Waals surface area contributed by atoms with Crippen LogP contribution in [0.15, 0.2) is 24.3 Å². The van der Waals surface area contributed by atoms with Crippen LogP contribution in [-0.2, 0) is 4.79 Å². The minimum atomic E-state index is -0.209. The van der Waals surface area contributed by atoms with E-state index in [9.17, 15) is 9.18 Å². The first-order chi connectivity index (χ1) is 8.75. The molecule has 0 aliphatic carbocycles. The van der Waals surface area contributed by atoms with Gasteiger partial charge in [0.1, 0.15) is 5.82 Å². The van der Waals surface area contributed by atoms with Crippen LogP contribution in [0.4, 0.5) is 4.39 Å². The zero-order valence-corrected chi connectivity index (χ0v) is 10.4. The smallest absolute Gasteiger partial charge is 0.223 e. The van der Waals surface area contributed by atoms with Gasteiger partial charge >= 0.3 is 0 Å². The maximum Gasteiger partial charge on any atom is 0.223 e. The largest absolute Gasteiger partial charge is 0.333 e. The van der Waals surface area contributed by atoms with E-state index >= 15 is 0 Å². The van der Waals surface area contributed by atoms with E-state index in [0.29, 0.717) is 12.5 Å². The molecule has 96 valence electrons. The van der Waals surface area contributed by atoms with E-state index in [2.05, 4.69) is 0 Å². The van der Waals surface area contributed by atoms with Crippen LogP contribution < -0.4 is 0 Å². The molecule has 2 aliphatic rings. The number of hydrogen-bond donors (Lipinski definition) is 0. The average molecular weight is 247 g/mol. The predicted octanol–water partition coefficient (Wildman–Crippen LogP) is 3.43. The van der Waals surface area contributed by atoms with Gasteiger partial charge in [-0.25, -0.2) is 4.39 Å². The van der Waals surface area contributed by atoms with Gasteiger partial charge in [-0.15, -0.1) is 0 Å². The highest BCUT2D eigenvalue weighted by molar-refractivity contribution is 5.78. The number of fused-ring (bicyclic) bond motifs is 1. The van der Waals surface area contributed by atoms with Crippen LogP contribution in [-0.4, -0.2) is 16.8 Å². The molecular weight excluding hydrogens is 229 g/mol. The van der Waals surface area contributed by atoms with Crippen molar-refractivity contribution in [1.29, 1.82) is 0 Å². The molecular formula is C15H18FNO. The number of piperidine rings is 2. The Morgan fingerprint density at radius 1 is 1.17 bits per heavy atom. The molecule has 2 aliphatic heterocycles. The molecule has 0 radical (unpaired) electrons. The highest BCUT2D eigenvalue weighted by Gasteiger charge is 2.36. The Morgan fingerprint density at radius 3 is 2.83 bits per heavy atom. The molecule has 0 saturated carbocycles. The maximum atomic E-state index is 13.3. The van der Waals surface area contributed by atoms with Gasteiger partial charge in [0, 0.05) is 12.5 Å². The van der Waals surface area contributed by atoms with E-state index in [1.54, 1.807) is 12.1 Å². The first-order valence-corrected chi connectivity index (χ1v) is 6.82. The summed E-state index contributed by atoms with van der Waals surface area (Å²) in [5.74, 6) is 0.0410. The summed E-state index contributed by atoms with van der Waals surface area (Å²) >= 11 is 0. The van der Waals surface area contributed by atoms with E-state index in [-0.39, 0.29) is 17.8 Å². The lowest BCUT2D eigenvalue weighted by Crippen LogP contribution is -2.48. The Kier molecular flexibility index (Phi) is 3.06. The van der Waals surface area contributed by atoms with Gasteiger partial charge in [0.05, 0.1) is 6.04 Å². The molecule has 2 nitrogen and oxygen atoms in total. The fourth-order valence-corrected chi connectivity index (χ4v) is 3.40. The van der Waals surface area contributed by atoms with Gasteiger partial charge in [0.25, 0.3) is 0 Å². The van der Waals surface area contributed by atoms with Gasteiger partial charge in [-0.3, -0.25) is 4.79 Å². The number of amides is 1. The van der Waals surface area contributed by atoms with Gasteiger partial charge in [0.2, 0.25) is 5.91 Å². The number of rotatable bonds is 1. The topological polar surface area (TPSA) is 20.3 Å². The Balaban J connectivity index is 1.92. The van der Waals surface area contributed by atoms with Crippen molar-refractivity contribution in [3.63, 3.8) is 0 Å². The molecule has 2 fully saturated rings. The standard InChI is InChI=1S/C15H18FNO/c16-12-5-1-4-11(10-12)14-8-2-6-13-7-3-9-15(18)17(13)14/h1,4-5,10,13-14H,2-3,6-9H2. The van der Waals surface area contributed by atoms with Crippen molar-refractivity contribution in [3.8, 4) is 0 Å². The summed E-state index contributed by atoms with van der Waals surface area (Å²) in [5.41, 5.74) is 0.954. The third-order valence-electron chi connectivity index (χ3n) is 4.19. The molecule has 0 aromatic heterocycles. The third kappa shape index (κ3) is 2.02. The molecule has 1 aromatic carbocycles. The monoisotopic (exact) mass is 247 g/mol. The van der Waals surface area contributed by atoms with E-state index in [1.165, 1.54) is 6.07 Å². The van der Waals surface area contributed by atoms with E-state index < -0.39 is 0 Å². The molecule has 3 heteroatoms. The lowest BCUT2D eigenvalue weighted by molar-refractivity contribution is -0.142. The van der Waals surface area contributed by atoms with Crippen molar-refractivity contribution >= 4 is 5.91 Å². The first kappa shape index (κ1) is 11.7. The minimum absolute atomic E-state index is 0.0900. The van der Waals surface area contributed by atoms with E-state index in [1.807, 2.05) is 11.0 Å². The Hall–Kier alpha value is -1.38. The molecule has 2 atom stereocenters. The minimum Gasteiger partial charge on any atom is -0.333 e. The van der Waals surface area contributed by atoms with Gasteiger partial charge in [0.15, 0.2) is 0 Å². The summed E-state index contributed by atoms with van der Waals surface area (Å²) in [4.78, 5) is 14.2. The van der Waals surface area contributed by atoms with Crippen molar-refractivity contribution in [1.82, 2.24) is 4.90 Å². The highest BCUT2D eigenvalue weighted by atomic mass is 19.1. The second-order valence-corrected chi connectivity index (χ2v) is 5.35. The second-order valence-electron chi connectivity index (χ2n) is 5.35. The molecule has 1 amide bonds. The van der Waals surface area contributed by atoms with Gasteiger partial charge in [-0.1, -0.05) is 12.1 Å². The Labute approximate surface area is 107 Å². The highest BCUT2D eigenvalue weighted by Crippen LogP contribution is 2.39. The molecule has 0 N–H and O–H groups in total. The van der Waals surface area contributed by atoms with Crippen LogP contribution in [0.1, 0.15) is 50.1 Å². The normalized spacial score (nSPS) is 28.1. The summed E-state index contributed by atoms with van der Waals surface area (Å²) in [6.45, 7) is 0. The fourth-order valence-electron chi connectivity index (χ4n) is 3.40. The van der Waals surface area contributed by atoms with Gasteiger partial charge in [-0.05, 0) is 49.8 Å². The zero-order chi connectivity index (χ0) is 12.5. The molecule has 0 spiro atoms. The number of nitrogens with zero attached hydrogens (tertiary/aromatic N) is 1. The van der Waals surface area contributed by atoms with Crippen LogP contribution in [0.5, 0.6) is 0 Å². The van der Waals surface area contributed by atoms with Crippen molar-refractivity contribution < 1.29 is 9.18 Å². The molecule has 3 rings (SSSR count). The quantitative estimate of drug-likeness (QED) is 0.744. The van der Waals surface area contributed by atoms with Crippen LogP contribution >= 0.6 is 0 Å². The number of carbonyl (C=O) groups excluding carboxylic acids is 1. The first-order valence-electron chi connectivity index (χ1n) is 6.82. The lowest BCUT2D eigenvalue weighted by Gasteiger charge is -2.45. The van der Waals surface area contributed by atoms with Gasteiger partial charge in [-0.2, -0.15) is 0 Å². The van der Waals surface area contributed by atoms with E-state index in [4.69, 9.17) is 0 Å². The Morgan fingerprint density at radius 2 is 2.00 bits per heavy atom. The molecule has 2 saturated heterocycles. The molecule has 1 aromatic rings. The fraction of sp³-hybridized carbons (Fsp3) is 0.533. The number of hydrogen-bond acceptors (Lipinski definition) is 1. The third-order valence-corrected chi connectivity index (χ3v) is 4.19. The van der Waals surface area contributed by atoms with Crippen LogP contribution in [0, 0.1) is 5.82 Å². The summed E-state index contributed by atoms with van der Waals surface area (Å²) in [7, 11) is 0. The second kappa shape index (κ2) is 4.71. The maximum absolute atomic E-state index is 13.3. The number of benzene rings is 1. The summed E-state index contributed by atoms with van der Waals surface area (Å²) in [6, 6.07) is 7.19. The zero-order valence-electron chi connectivity index (χ0n) is 10.4. The summed E-state index contributed by atoms with van der Waals surface area (Å²) in [5, 5.41) is 0. The van der Waals surface area contributed by atoms with Crippen LogP contribution in [0.3, 0.4) is 0 Å². The van der Waals surface area contributed by atoms with Gasteiger partial charge < -0.3 is 4.90 Å². The summed E-state index contributed by atoms with van der Waals surface area (Å²) < 4.78 is 13.3. The predicted molar refractivity (Wildman–Crippen MR) is 67.5 cm³/mol. The van der Waals surface area contributed by atoms with Crippen LogP contribution in [0.25, 0.3) is 0 Å². The van der Waals surface area contributed by atoms with Crippen molar-refractivity contribution in [2.75, 3.05) is 0 Å². The van der Waals surface area contributed by atoms with Crippen molar-refractivity contribution in [3.05, 3.63) is 35.6 Å². The summed E-state index contributed by atoms with van der Waals surface area (Å²) in [6.07, 6.45) is 5.98. The SMILES string of the molecule is O=C1CCCC2CCCC(c3cccc(F)c3)N12. The van der Waals surface area contributed by atoms with Crippen LogP contribution in [0.2, 0.25) is 0 Å². The molecule has 2 unspecified atom stereocenters. The van der Waals surface area contributed by atoms with Crippen molar-refractivity contribution in [2.24, 2.45) is 0 Å². The number of halogens is 1. The van der Waals surface area contributed by atoms with E-state index in [0.717, 1.165) is 37.7 Å². The Bertz CT molecular complexity index is 458. The number of carbonyl (C=O) groups is 1. The average Bonchev–Trinajstić information content (AvgIpc) is 2.38. The lowest BCUT2D eigenvalue weighted by atomic mass is 9.86. The molecule has 18 heavy (non-hydrogen) atoms.